The van der Waals surface area contributed by atoms with Crippen LogP contribution < -0.4 is 15.8 Å². The van der Waals surface area contributed by atoms with Crippen molar-refractivity contribution in [2.24, 2.45) is 10.7 Å². The number of likely N-dealkylation sites (N-methyl/N-ethyl adjacent to an activating group) is 1. The number of carbonyl (C=O) groups excluding carboxylic acids is 1. The van der Waals surface area contributed by atoms with Crippen LogP contribution in [0.5, 0.6) is 5.75 Å². The molecule has 0 bridgehead atoms. The van der Waals surface area contributed by atoms with Crippen molar-refractivity contribution in [3.05, 3.63) is 23.2 Å². The summed E-state index contributed by atoms with van der Waals surface area (Å²) in [5.41, 5.74) is 6.54. The molecule has 0 aromatic heterocycles. The second-order valence-corrected chi connectivity index (χ2v) is 6.38. The largest absolute Gasteiger partial charge is 0.495 e. The molecule has 0 unspecified atom stereocenters. The van der Waals surface area contributed by atoms with E-state index in [0.717, 1.165) is 12.8 Å². The molecule has 0 aliphatic heterocycles. The molecule has 1 aliphatic carbocycles. The molecule has 0 spiro atoms. The fraction of sp³-hybridized carbons (Fsp3) is 0.529. The van der Waals surface area contributed by atoms with E-state index < -0.39 is 0 Å². The maximum atomic E-state index is 12.2. The molecule has 1 fully saturated rings. The number of benzene rings is 1. The first-order valence-electron chi connectivity index (χ1n) is 8.17. The van der Waals surface area contributed by atoms with Gasteiger partial charge in [0.2, 0.25) is 5.91 Å². The lowest BCUT2D eigenvalue weighted by Crippen LogP contribution is -2.40. The van der Waals surface area contributed by atoms with E-state index in [9.17, 15) is 4.79 Å². The van der Waals surface area contributed by atoms with Crippen molar-refractivity contribution in [2.45, 2.75) is 38.1 Å². The van der Waals surface area contributed by atoms with Crippen LogP contribution in [0.4, 0.5) is 5.69 Å². The van der Waals surface area contributed by atoms with Crippen molar-refractivity contribution in [1.29, 1.82) is 0 Å². The van der Waals surface area contributed by atoms with Crippen molar-refractivity contribution < 1.29 is 9.53 Å². The maximum Gasteiger partial charge on any atom is 0.244 e. The van der Waals surface area contributed by atoms with Gasteiger partial charge in [-0.25, -0.2) is 4.99 Å². The Labute approximate surface area is 148 Å². The lowest BCUT2D eigenvalue weighted by molar-refractivity contribution is -0.130. The molecule has 1 amide bonds. The number of methoxy groups -OCH3 is 1. The fourth-order valence-corrected chi connectivity index (χ4v) is 3.13. The van der Waals surface area contributed by atoms with Crippen molar-refractivity contribution in [3.8, 4) is 5.75 Å². The Bertz CT molecular complexity index is 600. The quantitative estimate of drug-likeness (QED) is 0.630. The summed E-state index contributed by atoms with van der Waals surface area (Å²) in [5, 5.41) is 3.40. The summed E-state index contributed by atoms with van der Waals surface area (Å²) < 4.78 is 5.10. The predicted octanol–water partition coefficient (Wildman–Crippen LogP) is 2.87. The van der Waals surface area contributed by atoms with Gasteiger partial charge in [0.05, 0.1) is 12.1 Å². The van der Waals surface area contributed by atoms with Gasteiger partial charge in [-0.05, 0) is 31.0 Å². The highest BCUT2D eigenvalue weighted by Gasteiger charge is 2.21. The van der Waals surface area contributed by atoms with E-state index in [1.807, 2.05) is 7.05 Å². The Morgan fingerprint density at radius 3 is 2.75 bits per heavy atom. The second-order valence-electron chi connectivity index (χ2n) is 5.97. The summed E-state index contributed by atoms with van der Waals surface area (Å²) in [5.74, 6) is 0.753. The van der Waals surface area contributed by atoms with E-state index in [1.54, 1.807) is 30.2 Å². The van der Waals surface area contributed by atoms with Crippen molar-refractivity contribution >= 4 is 29.2 Å². The molecule has 0 radical (unpaired) electrons. The number of aliphatic imine (C=N–C) groups is 1. The van der Waals surface area contributed by atoms with E-state index in [2.05, 4.69) is 10.3 Å². The number of rotatable bonds is 5. The Morgan fingerprint density at radius 1 is 1.42 bits per heavy atom. The number of carbonyl (C=O) groups is 1. The Kier molecular flexibility index (Phi) is 6.73. The third kappa shape index (κ3) is 5.03. The number of hydrogen-bond donors (Lipinski definition) is 2. The molecule has 24 heavy (non-hydrogen) atoms. The zero-order chi connectivity index (χ0) is 17.5. The Balaban J connectivity index is 1.88. The van der Waals surface area contributed by atoms with Crippen LogP contribution in [0.3, 0.4) is 0 Å². The van der Waals surface area contributed by atoms with Crippen LogP contribution in [0.25, 0.3) is 0 Å². The number of nitrogens with zero attached hydrogens (tertiary/aromatic N) is 2. The number of halogens is 1. The number of guanidine groups is 1. The van der Waals surface area contributed by atoms with E-state index in [1.165, 1.54) is 19.3 Å². The topological polar surface area (TPSA) is 80.0 Å². The lowest BCUT2D eigenvalue weighted by Gasteiger charge is -2.30. The molecular formula is C17H25ClN4O2. The van der Waals surface area contributed by atoms with Gasteiger partial charge in [-0.1, -0.05) is 30.9 Å². The van der Waals surface area contributed by atoms with Crippen molar-refractivity contribution in [3.63, 3.8) is 0 Å². The Morgan fingerprint density at radius 2 is 2.12 bits per heavy atom. The first kappa shape index (κ1) is 18.4. The van der Waals surface area contributed by atoms with Crippen LogP contribution in [0.2, 0.25) is 5.02 Å². The Hall–Kier alpha value is -1.95. The second kappa shape index (κ2) is 8.78. The molecule has 6 nitrogen and oxygen atoms in total. The average molecular weight is 353 g/mol. The van der Waals surface area contributed by atoms with Crippen LogP contribution in [0.1, 0.15) is 32.1 Å². The van der Waals surface area contributed by atoms with E-state index in [-0.39, 0.29) is 18.4 Å². The summed E-state index contributed by atoms with van der Waals surface area (Å²) in [6.45, 7) is 0.0374. The number of ether oxygens (including phenoxy) is 1. The van der Waals surface area contributed by atoms with Gasteiger partial charge in [-0.3, -0.25) is 4.79 Å². The predicted molar refractivity (Wildman–Crippen MR) is 97.8 cm³/mol. The molecule has 0 saturated heterocycles. The summed E-state index contributed by atoms with van der Waals surface area (Å²) in [7, 11) is 3.40. The van der Waals surface area contributed by atoms with E-state index >= 15 is 0 Å². The summed E-state index contributed by atoms with van der Waals surface area (Å²) in [6.07, 6.45) is 5.78. The van der Waals surface area contributed by atoms with Gasteiger partial charge in [-0.2, -0.15) is 0 Å². The summed E-state index contributed by atoms with van der Waals surface area (Å²) in [4.78, 5) is 18.2. The van der Waals surface area contributed by atoms with Crippen LogP contribution in [0, 0.1) is 0 Å². The SMILES string of the molecule is COc1ccc(NC(N)=NCC(=O)N(C)C2CCCCC2)cc1Cl. The number of nitrogens with two attached hydrogens (primary N) is 1. The molecule has 2 rings (SSSR count). The fourth-order valence-electron chi connectivity index (χ4n) is 2.87. The van der Waals surface area contributed by atoms with Gasteiger partial charge in [0.1, 0.15) is 12.3 Å². The van der Waals surface area contributed by atoms with Crippen LogP contribution in [0.15, 0.2) is 23.2 Å². The molecule has 1 saturated carbocycles. The van der Waals surface area contributed by atoms with Crippen LogP contribution in [-0.2, 0) is 4.79 Å². The summed E-state index contributed by atoms with van der Waals surface area (Å²) >= 11 is 6.06. The molecule has 132 valence electrons. The first-order chi connectivity index (χ1) is 11.5. The highest BCUT2D eigenvalue weighted by atomic mass is 35.5. The van der Waals surface area contributed by atoms with Gasteiger partial charge in [0.15, 0.2) is 5.96 Å². The van der Waals surface area contributed by atoms with Gasteiger partial charge >= 0.3 is 0 Å². The highest BCUT2D eigenvalue weighted by Crippen LogP contribution is 2.27. The minimum Gasteiger partial charge on any atom is -0.495 e. The molecule has 1 aromatic carbocycles. The molecule has 0 heterocycles. The normalized spacial score (nSPS) is 15.9. The highest BCUT2D eigenvalue weighted by molar-refractivity contribution is 6.32. The van der Waals surface area contributed by atoms with Crippen molar-refractivity contribution in [1.82, 2.24) is 4.90 Å². The van der Waals surface area contributed by atoms with Gasteiger partial charge in [0.25, 0.3) is 0 Å². The molecule has 1 aliphatic rings. The average Bonchev–Trinajstić information content (AvgIpc) is 2.60. The smallest absolute Gasteiger partial charge is 0.244 e. The van der Waals surface area contributed by atoms with Gasteiger partial charge in [0, 0.05) is 18.8 Å². The third-order valence-electron chi connectivity index (χ3n) is 4.32. The van der Waals surface area contributed by atoms with Gasteiger partial charge < -0.3 is 20.7 Å². The van der Waals surface area contributed by atoms with Gasteiger partial charge in [-0.15, -0.1) is 0 Å². The molecular weight excluding hydrogens is 328 g/mol. The number of amides is 1. The van der Waals surface area contributed by atoms with E-state index in [0.29, 0.717) is 22.5 Å². The van der Waals surface area contributed by atoms with Crippen molar-refractivity contribution in [2.75, 3.05) is 26.0 Å². The minimum absolute atomic E-state index is 0.0144. The maximum absolute atomic E-state index is 12.2. The zero-order valence-electron chi connectivity index (χ0n) is 14.2. The molecule has 3 N–H and O–H groups in total. The van der Waals surface area contributed by atoms with E-state index in [4.69, 9.17) is 22.1 Å². The van der Waals surface area contributed by atoms with Crippen LogP contribution in [-0.4, -0.2) is 43.5 Å². The summed E-state index contributed by atoms with van der Waals surface area (Å²) in [6, 6.07) is 5.54. The van der Waals surface area contributed by atoms with Crippen LogP contribution >= 0.6 is 11.6 Å². The molecule has 7 heteroatoms. The number of hydrogen-bond acceptors (Lipinski definition) is 3. The molecule has 1 aromatic rings. The first-order valence-corrected chi connectivity index (χ1v) is 8.55. The number of anilines is 1. The monoisotopic (exact) mass is 352 g/mol. The lowest BCUT2D eigenvalue weighted by atomic mass is 9.94. The third-order valence-corrected chi connectivity index (χ3v) is 4.62. The molecule has 0 atom stereocenters. The number of nitrogens with one attached hydrogen (secondary N) is 1. The zero-order valence-corrected chi connectivity index (χ0v) is 15.0. The minimum atomic E-state index is -0.0144. The standard InChI is InChI=1S/C17H25ClN4O2/c1-22(13-6-4-3-5-7-13)16(23)11-20-17(19)21-12-8-9-15(24-2)14(18)10-12/h8-10,13H,3-7,11H2,1-2H3,(H3,19,20,21).